The van der Waals surface area contributed by atoms with Crippen molar-refractivity contribution >= 4 is 12.6 Å². The molecular formula is C7H8O2. The summed E-state index contributed by atoms with van der Waals surface area (Å²) in [6, 6.07) is 0. The SMILES string of the molecule is C=CC1CC1(C=O)C=O. The highest BCUT2D eigenvalue weighted by molar-refractivity contribution is 5.89. The first-order chi connectivity index (χ1) is 4.29. The van der Waals surface area contributed by atoms with Crippen LogP contribution in [0.1, 0.15) is 6.42 Å². The average Bonchev–Trinajstić information content (AvgIpc) is 2.63. The molecule has 0 saturated heterocycles. The van der Waals surface area contributed by atoms with E-state index in [0.29, 0.717) is 19.0 Å². The molecule has 1 fully saturated rings. The van der Waals surface area contributed by atoms with Crippen molar-refractivity contribution in [2.45, 2.75) is 6.42 Å². The normalized spacial score (nSPS) is 28.7. The summed E-state index contributed by atoms with van der Waals surface area (Å²) in [6.07, 6.45) is 3.74. The van der Waals surface area contributed by atoms with E-state index in [4.69, 9.17) is 0 Å². The quantitative estimate of drug-likeness (QED) is 0.313. The lowest BCUT2D eigenvalue weighted by Gasteiger charge is -1.90. The van der Waals surface area contributed by atoms with Crippen LogP contribution in [-0.4, -0.2) is 12.6 Å². The number of hydrogen-bond donors (Lipinski definition) is 0. The van der Waals surface area contributed by atoms with Gasteiger partial charge in [0.15, 0.2) is 0 Å². The lowest BCUT2D eigenvalue weighted by Crippen LogP contribution is -2.05. The molecule has 48 valence electrons. The molecule has 1 saturated carbocycles. The highest BCUT2D eigenvalue weighted by Gasteiger charge is 2.52. The number of allylic oxidation sites excluding steroid dienone is 1. The van der Waals surface area contributed by atoms with Crippen LogP contribution in [0.2, 0.25) is 0 Å². The Morgan fingerprint density at radius 1 is 1.44 bits per heavy atom. The molecular weight excluding hydrogens is 116 g/mol. The maximum Gasteiger partial charge on any atom is 0.133 e. The van der Waals surface area contributed by atoms with Gasteiger partial charge in [-0.05, 0) is 12.3 Å². The molecule has 2 heteroatoms. The van der Waals surface area contributed by atoms with E-state index in [-0.39, 0.29) is 5.92 Å². The summed E-state index contributed by atoms with van der Waals surface area (Å²) in [6.45, 7) is 3.50. The molecule has 1 aliphatic rings. The highest BCUT2D eigenvalue weighted by Crippen LogP contribution is 2.49. The predicted octanol–water partition coefficient (Wildman–Crippen LogP) is 0.577. The highest BCUT2D eigenvalue weighted by atomic mass is 16.1. The summed E-state index contributed by atoms with van der Waals surface area (Å²) >= 11 is 0. The molecule has 1 unspecified atom stereocenters. The molecule has 0 aromatic carbocycles. The van der Waals surface area contributed by atoms with Crippen molar-refractivity contribution in [2.24, 2.45) is 11.3 Å². The molecule has 0 amide bonds. The molecule has 0 bridgehead atoms. The van der Waals surface area contributed by atoms with Gasteiger partial charge in [0.1, 0.15) is 12.6 Å². The minimum Gasteiger partial charge on any atom is -0.302 e. The van der Waals surface area contributed by atoms with E-state index < -0.39 is 5.41 Å². The van der Waals surface area contributed by atoms with Gasteiger partial charge in [-0.25, -0.2) is 0 Å². The van der Waals surface area contributed by atoms with Crippen LogP contribution in [0, 0.1) is 11.3 Å². The Labute approximate surface area is 53.6 Å². The second kappa shape index (κ2) is 1.79. The molecule has 1 aliphatic carbocycles. The molecule has 0 aliphatic heterocycles. The van der Waals surface area contributed by atoms with Crippen molar-refractivity contribution in [1.82, 2.24) is 0 Å². The van der Waals surface area contributed by atoms with Crippen LogP contribution >= 0.6 is 0 Å². The van der Waals surface area contributed by atoms with Crippen LogP contribution < -0.4 is 0 Å². The van der Waals surface area contributed by atoms with Gasteiger partial charge in [-0.3, -0.25) is 0 Å². The second-order valence-corrected chi connectivity index (χ2v) is 2.39. The van der Waals surface area contributed by atoms with E-state index in [9.17, 15) is 9.59 Å². The van der Waals surface area contributed by atoms with Gasteiger partial charge in [-0.15, -0.1) is 6.58 Å². The van der Waals surface area contributed by atoms with Crippen molar-refractivity contribution in [3.63, 3.8) is 0 Å². The number of rotatable bonds is 3. The fourth-order valence-electron chi connectivity index (χ4n) is 0.924. The number of aldehydes is 2. The maximum absolute atomic E-state index is 10.2. The first kappa shape index (κ1) is 6.20. The van der Waals surface area contributed by atoms with Gasteiger partial charge >= 0.3 is 0 Å². The minimum atomic E-state index is -0.679. The summed E-state index contributed by atoms with van der Waals surface area (Å²) in [7, 11) is 0. The minimum absolute atomic E-state index is 0.104. The summed E-state index contributed by atoms with van der Waals surface area (Å²) in [5.41, 5.74) is -0.679. The van der Waals surface area contributed by atoms with Crippen molar-refractivity contribution in [3.8, 4) is 0 Å². The monoisotopic (exact) mass is 124 g/mol. The largest absolute Gasteiger partial charge is 0.302 e. The van der Waals surface area contributed by atoms with Gasteiger partial charge in [0, 0.05) is 0 Å². The second-order valence-electron chi connectivity index (χ2n) is 2.39. The lowest BCUT2D eigenvalue weighted by molar-refractivity contribution is -0.121. The smallest absolute Gasteiger partial charge is 0.133 e. The number of hydrogen-bond acceptors (Lipinski definition) is 2. The fourth-order valence-corrected chi connectivity index (χ4v) is 0.924. The van der Waals surface area contributed by atoms with Gasteiger partial charge in [-0.1, -0.05) is 6.08 Å². The van der Waals surface area contributed by atoms with E-state index >= 15 is 0 Å². The van der Waals surface area contributed by atoms with Crippen molar-refractivity contribution in [1.29, 1.82) is 0 Å². The van der Waals surface area contributed by atoms with Crippen LogP contribution in [-0.2, 0) is 9.59 Å². The third kappa shape index (κ3) is 0.707. The van der Waals surface area contributed by atoms with E-state index in [1.165, 1.54) is 0 Å². The molecule has 9 heavy (non-hydrogen) atoms. The van der Waals surface area contributed by atoms with Gasteiger partial charge in [0.2, 0.25) is 0 Å². The van der Waals surface area contributed by atoms with Gasteiger partial charge in [0.05, 0.1) is 5.41 Å². The molecule has 0 aromatic rings. The Bertz CT molecular complexity index is 152. The van der Waals surface area contributed by atoms with E-state index in [0.717, 1.165) is 0 Å². The van der Waals surface area contributed by atoms with Crippen molar-refractivity contribution in [2.75, 3.05) is 0 Å². The molecule has 1 atom stereocenters. The third-order valence-electron chi connectivity index (χ3n) is 1.83. The maximum atomic E-state index is 10.2. The Kier molecular flexibility index (Phi) is 1.24. The molecule has 0 radical (unpaired) electrons. The Hall–Kier alpha value is -0.920. The average molecular weight is 124 g/mol. The first-order valence-electron chi connectivity index (χ1n) is 2.84. The zero-order valence-electron chi connectivity index (χ0n) is 5.04. The van der Waals surface area contributed by atoms with E-state index in [1.807, 2.05) is 0 Å². The topological polar surface area (TPSA) is 34.1 Å². The Morgan fingerprint density at radius 2 is 2.00 bits per heavy atom. The van der Waals surface area contributed by atoms with E-state index in [1.54, 1.807) is 6.08 Å². The van der Waals surface area contributed by atoms with Crippen LogP contribution in [0.5, 0.6) is 0 Å². The summed E-state index contributed by atoms with van der Waals surface area (Å²) in [4.78, 5) is 20.4. The van der Waals surface area contributed by atoms with Gasteiger partial charge in [-0.2, -0.15) is 0 Å². The van der Waals surface area contributed by atoms with Crippen LogP contribution in [0.3, 0.4) is 0 Å². The predicted molar refractivity (Wildman–Crippen MR) is 32.9 cm³/mol. The van der Waals surface area contributed by atoms with Crippen molar-refractivity contribution < 1.29 is 9.59 Å². The Balaban J connectivity index is 2.67. The van der Waals surface area contributed by atoms with Crippen LogP contribution in [0.4, 0.5) is 0 Å². The molecule has 0 N–H and O–H groups in total. The van der Waals surface area contributed by atoms with Crippen LogP contribution in [0.15, 0.2) is 12.7 Å². The van der Waals surface area contributed by atoms with Gasteiger partial charge in [0.25, 0.3) is 0 Å². The zero-order chi connectivity index (χ0) is 6.91. The van der Waals surface area contributed by atoms with Crippen molar-refractivity contribution in [3.05, 3.63) is 12.7 Å². The molecule has 0 heterocycles. The fraction of sp³-hybridized carbons (Fsp3) is 0.429. The molecule has 2 nitrogen and oxygen atoms in total. The molecule has 1 rings (SSSR count). The summed E-state index contributed by atoms with van der Waals surface area (Å²) in [5.74, 6) is 0.104. The Morgan fingerprint density at radius 3 is 2.11 bits per heavy atom. The first-order valence-corrected chi connectivity index (χ1v) is 2.84. The zero-order valence-corrected chi connectivity index (χ0v) is 5.04. The number of carbonyl (C=O) groups is 2. The third-order valence-corrected chi connectivity index (χ3v) is 1.83. The standard InChI is InChI=1S/C7H8O2/c1-2-6-3-7(6,4-8)5-9/h2,4-6H,1,3H2. The molecule has 0 spiro atoms. The summed E-state index contributed by atoms with van der Waals surface area (Å²) < 4.78 is 0. The summed E-state index contributed by atoms with van der Waals surface area (Å²) in [5, 5.41) is 0. The number of carbonyl (C=O) groups excluding carboxylic acids is 2. The van der Waals surface area contributed by atoms with Gasteiger partial charge < -0.3 is 9.59 Å². The van der Waals surface area contributed by atoms with Crippen LogP contribution in [0.25, 0.3) is 0 Å². The molecule has 0 aromatic heterocycles. The lowest BCUT2D eigenvalue weighted by atomic mass is 10.1. The van der Waals surface area contributed by atoms with E-state index in [2.05, 4.69) is 6.58 Å².